The van der Waals surface area contributed by atoms with E-state index in [2.05, 4.69) is 0 Å². The molecule has 9 heteroatoms. The zero-order chi connectivity index (χ0) is 15.6. The van der Waals surface area contributed by atoms with E-state index < -0.39 is 20.9 Å². The molecule has 0 atom stereocenters. The minimum atomic E-state index is -4.85. The molecule has 0 fully saturated rings. The van der Waals surface area contributed by atoms with E-state index in [-0.39, 0.29) is 6.54 Å². The minimum Gasteiger partial charge on any atom is -0.374 e. The third-order valence-corrected chi connectivity index (χ3v) is 5.45. The molecule has 0 saturated heterocycles. The summed E-state index contributed by atoms with van der Waals surface area (Å²) < 4.78 is 52.6. The monoisotopic (exact) mass is 317 g/mol. The maximum absolute atomic E-state index is 12.0. The molecule has 1 amide bonds. The van der Waals surface area contributed by atoms with Gasteiger partial charge in [-0.1, -0.05) is 0 Å². The molecule has 0 aromatic rings. The molecule has 0 rings (SSSR count). The van der Waals surface area contributed by atoms with Crippen molar-refractivity contribution in [3.05, 3.63) is 0 Å². The summed E-state index contributed by atoms with van der Waals surface area (Å²) in [6.07, 6.45) is -4.55. The first-order valence-corrected chi connectivity index (χ1v) is 8.51. The highest BCUT2D eigenvalue weighted by Crippen LogP contribution is 2.18. The summed E-state index contributed by atoms with van der Waals surface area (Å²) >= 11 is 0. The Labute approximate surface area is 118 Å². The molecule has 0 heterocycles. The van der Waals surface area contributed by atoms with Crippen LogP contribution in [-0.4, -0.2) is 47.3 Å². The predicted molar refractivity (Wildman–Crippen MR) is 69.1 cm³/mol. The Hall–Kier alpha value is -0.643. The number of alkyl halides is 3. The number of carbonyl (C=O) groups is 1. The van der Waals surface area contributed by atoms with Gasteiger partial charge in [0.1, 0.15) is 0 Å². The molecule has 0 unspecified atom stereocenters. The Morgan fingerprint density at radius 1 is 1.05 bits per heavy atom. The lowest BCUT2D eigenvalue weighted by molar-refractivity contribution is -0.173. The summed E-state index contributed by atoms with van der Waals surface area (Å²) in [6.45, 7) is 6.51. The van der Waals surface area contributed by atoms with Crippen molar-refractivity contribution in [1.82, 2.24) is 5.32 Å². The molecule has 0 bridgehead atoms. The molecular weight excluding hydrogens is 295 g/mol. The summed E-state index contributed by atoms with van der Waals surface area (Å²) in [6, 6.07) is 0.362. The lowest BCUT2D eigenvalue weighted by atomic mass is 10.4. The third kappa shape index (κ3) is 7.22. The lowest BCUT2D eigenvalue weighted by Crippen LogP contribution is -2.46. The van der Waals surface area contributed by atoms with Gasteiger partial charge in [0.05, 0.1) is 0 Å². The Balaban J connectivity index is 4.29. The van der Waals surface area contributed by atoms with E-state index in [1.54, 1.807) is 20.8 Å². The summed E-state index contributed by atoms with van der Waals surface area (Å²) in [5, 5.41) is 1.81. The normalized spacial score (nSPS) is 12.5. The molecule has 0 radical (unpaired) electrons. The Bertz CT molecular complexity index is 272. The van der Waals surface area contributed by atoms with Gasteiger partial charge in [0.2, 0.25) is 0 Å². The van der Waals surface area contributed by atoms with Crippen molar-refractivity contribution >= 4 is 14.7 Å². The van der Waals surface area contributed by atoms with Crippen LogP contribution in [0.25, 0.3) is 0 Å². The zero-order valence-electron chi connectivity index (χ0n) is 12.0. The summed E-state index contributed by atoms with van der Waals surface area (Å²) in [7, 11) is -2.85. The molecule has 120 valence electrons. The van der Waals surface area contributed by atoms with Crippen LogP contribution < -0.4 is 5.32 Å². The fourth-order valence-electron chi connectivity index (χ4n) is 1.61. The Morgan fingerprint density at radius 3 is 1.85 bits per heavy atom. The first-order chi connectivity index (χ1) is 9.31. The molecule has 0 aliphatic rings. The van der Waals surface area contributed by atoms with Crippen LogP contribution in [0.2, 0.25) is 6.04 Å². The summed E-state index contributed by atoms with van der Waals surface area (Å²) in [5.41, 5.74) is 0. The van der Waals surface area contributed by atoms with E-state index in [4.69, 9.17) is 13.3 Å². The highest BCUT2D eigenvalue weighted by atomic mass is 28.4. The smallest absolute Gasteiger partial charge is 0.374 e. The minimum absolute atomic E-state index is 0.0969. The van der Waals surface area contributed by atoms with Gasteiger partial charge in [-0.2, -0.15) is 13.2 Å². The first-order valence-electron chi connectivity index (χ1n) is 6.58. The molecule has 5 nitrogen and oxygen atoms in total. The van der Waals surface area contributed by atoms with Gasteiger partial charge in [0, 0.05) is 32.4 Å². The van der Waals surface area contributed by atoms with E-state index in [1.165, 1.54) is 0 Å². The van der Waals surface area contributed by atoms with Crippen molar-refractivity contribution in [2.45, 2.75) is 39.4 Å². The molecule has 0 aromatic heterocycles. The number of halogens is 3. The molecule has 20 heavy (non-hydrogen) atoms. The quantitative estimate of drug-likeness (QED) is 0.495. The van der Waals surface area contributed by atoms with Crippen molar-refractivity contribution in [3.63, 3.8) is 0 Å². The maximum atomic E-state index is 12.0. The standard InChI is InChI=1S/C11H22F3NO4Si/c1-4-17-20(18-5-2,19-6-3)9-7-8-15-10(16)11(12,13)14/h4-9H2,1-3H3,(H,15,16). The van der Waals surface area contributed by atoms with Gasteiger partial charge in [-0.15, -0.1) is 0 Å². The Morgan fingerprint density at radius 2 is 1.50 bits per heavy atom. The number of rotatable bonds is 10. The molecule has 1 N–H and O–H groups in total. The number of carbonyl (C=O) groups excluding carboxylic acids is 1. The van der Waals surface area contributed by atoms with E-state index >= 15 is 0 Å². The van der Waals surface area contributed by atoms with Gasteiger partial charge in [0.15, 0.2) is 0 Å². The lowest BCUT2D eigenvalue weighted by Gasteiger charge is -2.28. The van der Waals surface area contributed by atoms with Gasteiger partial charge in [-0.25, -0.2) is 0 Å². The topological polar surface area (TPSA) is 56.8 Å². The average Bonchev–Trinajstić information content (AvgIpc) is 2.34. The zero-order valence-corrected chi connectivity index (χ0v) is 13.0. The van der Waals surface area contributed by atoms with Crippen LogP contribution in [-0.2, 0) is 18.1 Å². The van der Waals surface area contributed by atoms with Crippen LogP contribution in [0.15, 0.2) is 0 Å². The molecule has 0 saturated carbocycles. The van der Waals surface area contributed by atoms with Crippen molar-refractivity contribution in [1.29, 1.82) is 0 Å². The van der Waals surface area contributed by atoms with E-state index in [1.807, 2.05) is 5.32 Å². The van der Waals surface area contributed by atoms with Crippen molar-refractivity contribution < 1.29 is 31.2 Å². The fourth-order valence-corrected chi connectivity index (χ4v) is 4.22. The highest BCUT2D eigenvalue weighted by Gasteiger charge is 2.41. The summed E-state index contributed by atoms with van der Waals surface area (Å²) in [4.78, 5) is 10.6. The highest BCUT2D eigenvalue weighted by molar-refractivity contribution is 6.60. The van der Waals surface area contributed by atoms with Gasteiger partial charge >= 0.3 is 20.9 Å². The van der Waals surface area contributed by atoms with Crippen LogP contribution in [0.5, 0.6) is 0 Å². The molecule has 0 aliphatic carbocycles. The van der Waals surface area contributed by atoms with Crippen LogP contribution in [0.4, 0.5) is 13.2 Å². The number of nitrogens with one attached hydrogen (secondary N) is 1. The first kappa shape index (κ1) is 19.4. The molecule has 0 spiro atoms. The Kier molecular flexibility index (Phi) is 9.02. The fraction of sp³-hybridized carbons (Fsp3) is 0.909. The second-order valence-electron chi connectivity index (χ2n) is 3.84. The van der Waals surface area contributed by atoms with Crippen LogP contribution in [0, 0.1) is 0 Å². The van der Waals surface area contributed by atoms with Gasteiger partial charge in [-0.05, 0) is 27.2 Å². The van der Waals surface area contributed by atoms with Crippen molar-refractivity contribution in [3.8, 4) is 0 Å². The van der Waals surface area contributed by atoms with E-state index in [0.717, 1.165) is 0 Å². The third-order valence-electron chi connectivity index (χ3n) is 2.30. The van der Waals surface area contributed by atoms with Crippen molar-refractivity contribution in [2.75, 3.05) is 26.4 Å². The van der Waals surface area contributed by atoms with Gasteiger partial charge < -0.3 is 18.6 Å². The molecule has 0 aliphatic heterocycles. The number of amides is 1. The van der Waals surface area contributed by atoms with E-state index in [0.29, 0.717) is 32.3 Å². The summed E-state index contributed by atoms with van der Waals surface area (Å²) in [5.74, 6) is -1.94. The van der Waals surface area contributed by atoms with E-state index in [9.17, 15) is 18.0 Å². The van der Waals surface area contributed by atoms with Gasteiger partial charge in [0.25, 0.3) is 0 Å². The number of hydrogen-bond acceptors (Lipinski definition) is 4. The average molecular weight is 317 g/mol. The SMILES string of the molecule is CCO[Si](CCCNC(=O)C(F)(F)F)(OCC)OCC. The van der Waals surface area contributed by atoms with Gasteiger partial charge in [-0.3, -0.25) is 4.79 Å². The van der Waals surface area contributed by atoms with Crippen molar-refractivity contribution in [2.24, 2.45) is 0 Å². The second-order valence-corrected chi connectivity index (χ2v) is 6.57. The number of hydrogen-bond donors (Lipinski definition) is 1. The largest absolute Gasteiger partial charge is 0.500 e. The van der Waals surface area contributed by atoms with Crippen LogP contribution >= 0.6 is 0 Å². The molecule has 0 aromatic carbocycles. The van der Waals surface area contributed by atoms with Crippen LogP contribution in [0.3, 0.4) is 0 Å². The molecular formula is C11H22F3NO4Si. The van der Waals surface area contributed by atoms with Crippen LogP contribution in [0.1, 0.15) is 27.2 Å². The predicted octanol–water partition coefficient (Wildman–Crippen LogP) is 2.10. The second kappa shape index (κ2) is 9.32. The maximum Gasteiger partial charge on any atom is 0.500 e.